The van der Waals surface area contributed by atoms with Gasteiger partial charge in [0.15, 0.2) is 0 Å². The van der Waals surface area contributed by atoms with Crippen molar-refractivity contribution >= 4 is 17.7 Å². The van der Waals surface area contributed by atoms with Crippen LogP contribution in [-0.2, 0) is 9.59 Å². The Morgan fingerprint density at radius 3 is 2.64 bits per heavy atom. The fourth-order valence-electron chi connectivity index (χ4n) is 5.40. The molecular formula is C21H19NO3. The molecule has 4 heteroatoms. The maximum Gasteiger partial charge on any atom is 0.267 e. The molecular weight excluding hydrogens is 314 g/mol. The van der Waals surface area contributed by atoms with Crippen molar-refractivity contribution in [3.05, 3.63) is 59.7 Å². The lowest BCUT2D eigenvalue weighted by Gasteiger charge is -2.50. The highest BCUT2D eigenvalue weighted by Gasteiger charge is 2.65. The van der Waals surface area contributed by atoms with Gasteiger partial charge in [-0.3, -0.25) is 14.4 Å². The van der Waals surface area contributed by atoms with E-state index in [2.05, 4.69) is 6.08 Å². The second-order valence-corrected chi connectivity index (χ2v) is 7.56. The van der Waals surface area contributed by atoms with E-state index in [0.29, 0.717) is 17.1 Å². The van der Waals surface area contributed by atoms with Gasteiger partial charge in [-0.15, -0.1) is 0 Å². The molecule has 1 saturated carbocycles. The van der Waals surface area contributed by atoms with E-state index in [1.807, 2.05) is 18.2 Å². The van der Waals surface area contributed by atoms with Crippen molar-refractivity contribution in [2.45, 2.75) is 25.7 Å². The Bertz CT molecular complexity index is 853. The minimum absolute atomic E-state index is 0.154. The van der Waals surface area contributed by atoms with E-state index in [4.69, 9.17) is 0 Å². The van der Waals surface area contributed by atoms with Crippen molar-refractivity contribution in [1.29, 1.82) is 0 Å². The van der Waals surface area contributed by atoms with Crippen LogP contribution < -0.4 is 0 Å². The summed E-state index contributed by atoms with van der Waals surface area (Å²) in [6, 6.07) is 8.58. The number of nitrogens with zero attached hydrogens (tertiary/aromatic N) is 1. The summed E-state index contributed by atoms with van der Waals surface area (Å²) in [5.74, 6) is -0.469. The van der Waals surface area contributed by atoms with Crippen molar-refractivity contribution in [2.24, 2.45) is 23.2 Å². The van der Waals surface area contributed by atoms with Crippen LogP contribution in [-0.4, -0.2) is 22.6 Å². The fraction of sp³-hybridized carbons (Fsp3) is 0.381. The predicted octanol–water partition coefficient (Wildman–Crippen LogP) is 3.11. The number of carbonyl (C=O) groups is 3. The average molecular weight is 333 g/mol. The summed E-state index contributed by atoms with van der Waals surface area (Å²) in [6.45, 7) is 0. The Hall–Kier alpha value is -2.49. The van der Waals surface area contributed by atoms with Gasteiger partial charge in [0.25, 0.3) is 17.7 Å². The molecule has 0 unspecified atom stereocenters. The number of benzene rings is 1. The highest BCUT2D eigenvalue weighted by molar-refractivity contribution is 6.29. The first-order chi connectivity index (χ1) is 12.1. The van der Waals surface area contributed by atoms with Crippen LogP contribution in [0, 0.1) is 23.2 Å². The van der Waals surface area contributed by atoms with Crippen molar-refractivity contribution < 1.29 is 14.4 Å². The summed E-state index contributed by atoms with van der Waals surface area (Å²) < 4.78 is 0. The van der Waals surface area contributed by atoms with Crippen LogP contribution in [0.2, 0.25) is 0 Å². The summed E-state index contributed by atoms with van der Waals surface area (Å²) in [5, 5.41) is 0. The highest BCUT2D eigenvalue weighted by Crippen LogP contribution is 2.60. The second kappa shape index (κ2) is 5.01. The summed E-state index contributed by atoms with van der Waals surface area (Å²) >= 11 is 0. The fourth-order valence-corrected chi connectivity index (χ4v) is 5.40. The van der Waals surface area contributed by atoms with Gasteiger partial charge in [-0.25, -0.2) is 4.90 Å². The lowest BCUT2D eigenvalue weighted by molar-refractivity contribution is -0.139. The quantitative estimate of drug-likeness (QED) is 0.586. The predicted molar refractivity (Wildman–Crippen MR) is 91.2 cm³/mol. The number of imide groups is 3. The van der Waals surface area contributed by atoms with E-state index in [0.717, 1.165) is 24.2 Å². The highest BCUT2D eigenvalue weighted by atomic mass is 16.2. The molecule has 1 aromatic carbocycles. The van der Waals surface area contributed by atoms with Gasteiger partial charge < -0.3 is 0 Å². The van der Waals surface area contributed by atoms with Crippen LogP contribution in [0.5, 0.6) is 0 Å². The van der Waals surface area contributed by atoms with E-state index in [-0.39, 0.29) is 17.7 Å². The lowest BCUT2D eigenvalue weighted by atomic mass is 9.51. The zero-order valence-corrected chi connectivity index (χ0v) is 13.9. The molecule has 0 radical (unpaired) electrons. The van der Waals surface area contributed by atoms with Gasteiger partial charge in [-0.1, -0.05) is 49.3 Å². The third-order valence-corrected chi connectivity index (χ3v) is 6.50. The van der Waals surface area contributed by atoms with Crippen LogP contribution in [0.4, 0.5) is 0 Å². The van der Waals surface area contributed by atoms with Gasteiger partial charge in [-0.2, -0.15) is 0 Å². The number of carbonyl (C=O) groups excluding carboxylic acids is 3. The van der Waals surface area contributed by atoms with Gasteiger partial charge >= 0.3 is 0 Å². The van der Waals surface area contributed by atoms with E-state index < -0.39 is 17.2 Å². The Balaban J connectivity index is 1.61. The molecule has 0 aromatic heterocycles. The maximum atomic E-state index is 13.4. The number of hydrogen-bond donors (Lipinski definition) is 0. The third-order valence-electron chi connectivity index (χ3n) is 6.50. The maximum absolute atomic E-state index is 13.4. The SMILES string of the molecule is O=C1C2=C[C@@H]3C=C[C@@]2(C(=O)N1C(=O)c1ccccc1)[C@H]1CCCC[C@H]31. The molecule has 4 atom stereocenters. The molecule has 1 heterocycles. The lowest BCUT2D eigenvalue weighted by Crippen LogP contribution is -2.50. The molecule has 1 saturated heterocycles. The number of likely N-dealkylation sites (tertiary alicyclic amines) is 1. The second-order valence-electron chi connectivity index (χ2n) is 7.56. The molecule has 4 aliphatic carbocycles. The third kappa shape index (κ3) is 1.74. The van der Waals surface area contributed by atoms with Crippen LogP contribution >= 0.6 is 0 Å². The molecule has 1 spiro atoms. The molecule has 2 fully saturated rings. The van der Waals surface area contributed by atoms with E-state index in [9.17, 15) is 14.4 Å². The average Bonchev–Trinajstić information content (AvgIpc) is 2.90. The minimum Gasteiger partial charge on any atom is -0.272 e. The molecule has 5 aliphatic rings. The summed E-state index contributed by atoms with van der Waals surface area (Å²) in [6.07, 6.45) is 10.3. The molecule has 4 nitrogen and oxygen atoms in total. The smallest absolute Gasteiger partial charge is 0.267 e. The monoisotopic (exact) mass is 333 g/mol. The molecule has 2 bridgehead atoms. The summed E-state index contributed by atoms with van der Waals surface area (Å²) in [7, 11) is 0. The Morgan fingerprint density at radius 2 is 1.84 bits per heavy atom. The molecule has 126 valence electrons. The Morgan fingerprint density at radius 1 is 1.08 bits per heavy atom. The first-order valence-electron chi connectivity index (χ1n) is 9.04. The first kappa shape index (κ1) is 14.8. The van der Waals surface area contributed by atoms with Crippen molar-refractivity contribution in [2.75, 3.05) is 0 Å². The van der Waals surface area contributed by atoms with E-state index in [1.54, 1.807) is 24.3 Å². The van der Waals surface area contributed by atoms with Crippen molar-refractivity contribution in [1.82, 2.24) is 4.90 Å². The Labute approximate surface area is 146 Å². The first-order valence-corrected chi connectivity index (χ1v) is 9.04. The Kier molecular flexibility index (Phi) is 2.97. The topological polar surface area (TPSA) is 54.5 Å². The van der Waals surface area contributed by atoms with Gasteiger partial charge in [0.2, 0.25) is 0 Å². The van der Waals surface area contributed by atoms with Crippen LogP contribution in [0.15, 0.2) is 54.1 Å². The molecule has 3 amide bonds. The molecule has 0 N–H and O–H groups in total. The summed E-state index contributed by atoms with van der Waals surface area (Å²) in [5.41, 5.74) is 0.0115. The van der Waals surface area contributed by atoms with Gasteiger partial charge in [0.1, 0.15) is 5.41 Å². The largest absolute Gasteiger partial charge is 0.272 e. The van der Waals surface area contributed by atoms with Gasteiger partial charge in [0, 0.05) is 11.1 Å². The zero-order valence-electron chi connectivity index (χ0n) is 13.9. The van der Waals surface area contributed by atoms with Crippen LogP contribution in [0.3, 0.4) is 0 Å². The molecule has 6 rings (SSSR count). The van der Waals surface area contributed by atoms with Crippen LogP contribution in [0.1, 0.15) is 36.0 Å². The zero-order chi connectivity index (χ0) is 17.2. The standard InChI is InChI=1S/C21H19NO3/c23-18(13-6-2-1-3-7-13)22-19(24)17-12-14-10-11-21(17,20(22)25)16-9-5-4-8-15(14)16/h1-3,6-7,10-12,14-16H,4-5,8-9H2/t14-,15+,16-,21+/m0/s1. The molecule has 1 aliphatic heterocycles. The number of allylic oxidation sites excluding steroid dienone is 2. The summed E-state index contributed by atoms with van der Waals surface area (Å²) in [4.78, 5) is 40.2. The molecule has 1 aromatic rings. The van der Waals surface area contributed by atoms with Gasteiger partial charge in [0.05, 0.1) is 0 Å². The van der Waals surface area contributed by atoms with Gasteiger partial charge in [-0.05, 0) is 42.7 Å². The number of rotatable bonds is 1. The molecule has 25 heavy (non-hydrogen) atoms. The van der Waals surface area contributed by atoms with E-state index in [1.165, 1.54) is 6.42 Å². The normalized spacial score (nSPS) is 35.4. The minimum atomic E-state index is -0.901. The van der Waals surface area contributed by atoms with E-state index >= 15 is 0 Å². The number of amides is 3. The van der Waals surface area contributed by atoms with Crippen molar-refractivity contribution in [3.63, 3.8) is 0 Å². The van der Waals surface area contributed by atoms with Crippen LogP contribution in [0.25, 0.3) is 0 Å². The van der Waals surface area contributed by atoms with Crippen molar-refractivity contribution in [3.8, 4) is 0 Å². The number of hydrogen-bond acceptors (Lipinski definition) is 3.